The molecule has 1 heterocycles. The number of aldehydes is 1. The Morgan fingerprint density at radius 1 is 1.14 bits per heavy atom. The number of rotatable bonds is 3. The van der Waals surface area contributed by atoms with Crippen LogP contribution in [0.15, 0.2) is 48.7 Å². The SMILES string of the molecule is Nc1c(-c2ccc(C=O)cc2O)cnn1-c1ccc(F)cc1. The Morgan fingerprint density at radius 3 is 2.50 bits per heavy atom. The van der Waals surface area contributed by atoms with Gasteiger partial charge in [0.05, 0.1) is 11.9 Å². The highest BCUT2D eigenvalue weighted by Crippen LogP contribution is 2.34. The van der Waals surface area contributed by atoms with E-state index < -0.39 is 0 Å². The second kappa shape index (κ2) is 5.33. The van der Waals surface area contributed by atoms with E-state index in [4.69, 9.17) is 5.73 Å². The van der Waals surface area contributed by atoms with E-state index in [2.05, 4.69) is 5.10 Å². The fourth-order valence-corrected chi connectivity index (χ4v) is 2.20. The third kappa shape index (κ3) is 2.31. The Balaban J connectivity index is 2.07. The highest BCUT2D eigenvalue weighted by atomic mass is 19.1. The van der Waals surface area contributed by atoms with Gasteiger partial charge in [0.15, 0.2) is 0 Å². The first kappa shape index (κ1) is 13.8. The summed E-state index contributed by atoms with van der Waals surface area (Å²) in [4.78, 5) is 10.7. The van der Waals surface area contributed by atoms with E-state index in [1.807, 2.05) is 0 Å². The Labute approximate surface area is 125 Å². The number of benzene rings is 2. The summed E-state index contributed by atoms with van der Waals surface area (Å²) in [7, 11) is 0. The quantitative estimate of drug-likeness (QED) is 0.728. The number of nitrogens with two attached hydrogens (primary N) is 1. The van der Waals surface area contributed by atoms with Crippen molar-refractivity contribution >= 4 is 12.1 Å². The average molecular weight is 297 g/mol. The molecule has 0 spiro atoms. The van der Waals surface area contributed by atoms with Crippen LogP contribution in [-0.2, 0) is 0 Å². The maximum absolute atomic E-state index is 13.0. The molecular weight excluding hydrogens is 285 g/mol. The Hall–Kier alpha value is -3.15. The first-order chi connectivity index (χ1) is 10.6. The summed E-state index contributed by atoms with van der Waals surface area (Å²) >= 11 is 0. The van der Waals surface area contributed by atoms with Gasteiger partial charge in [-0.1, -0.05) is 6.07 Å². The molecule has 0 aliphatic heterocycles. The number of carbonyl (C=O) groups excluding carboxylic acids is 1. The van der Waals surface area contributed by atoms with Crippen LogP contribution in [0.5, 0.6) is 5.75 Å². The Bertz CT molecular complexity index is 841. The summed E-state index contributed by atoms with van der Waals surface area (Å²) in [6.45, 7) is 0. The molecule has 1 aromatic heterocycles. The van der Waals surface area contributed by atoms with Gasteiger partial charge in [0.25, 0.3) is 0 Å². The molecular formula is C16H12FN3O2. The number of phenols is 1. The van der Waals surface area contributed by atoms with E-state index in [1.54, 1.807) is 24.3 Å². The molecule has 110 valence electrons. The highest BCUT2D eigenvalue weighted by molar-refractivity contribution is 5.83. The Morgan fingerprint density at radius 2 is 1.86 bits per heavy atom. The van der Waals surface area contributed by atoms with Gasteiger partial charge in [-0.25, -0.2) is 9.07 Å². The number of nitrogen functional groups attached to an aromatic ring is 1. The van der Waals surface area contributed by atoms with E-state index in [9.17, 15) is 14.3 Å². The first-order valence-corrected chi connectivity index (χ1v) is 6.48. The number of nitrogens with zero attached hydrogens (tertiary/aromatic N) is 2. The van der Waals surface area contributed by atoms with E-state index in [0.717, 1.165) is 0 Å². The molecule has 22 heavy (non-hydrogen) atoms. The minimum absolute atomic E-state index is 0.0602. The van der Waals surface area contributed by atoms with Crippen LogP contribution in [-0.4, -0.2) is 21.2 Å². The summed E-state index contributed by atoms with van der Waals surface area (Å²) in [5, 5.41) is 14.2. The van der Waals surface area contributed by atoms with Crippen LogP contribution in [0.2, 0.25) is 0 Å². The lowest BCUT2D eigenvalue weighted by molar-refractivity contribution is 0.112. The van der Waals surface area contributed by atoms with Crippen molar-refractivity contribution in [2.45, 2.75) is 0 Å². The molecule has 0 unspecified atom stereocenters. The largest absolute Gasteiger partial charge is 0.507 e. The van der Waals surface area contributed by atoms with Crippen LogP contribution in [0, 0.1) is 5.82 Å². The number of halogens is 1. The zero-order chi connectivity index (χ0) is 15.7. The zero-order valence-corrected chi connectivity index (χ0v) is 11.4. The maximum atomic E-state index is 13.0. The van der Waals surface area contributed by atoms with Crippen LogP contribution in [0.3, 0.4) is 0 Å². The van der Waals surface area contributed by atoms with Gasteiger partial charge in [-0.05, 0) is 36.4 Å². The second-order valence-corrected chi connectivity index (χ2v) is 4.73. The van der Waals surface area contributed by atoms with Crippen molar-refractivity contribution in [3.63, 3.8) is 0 Å². The number of hydrogen-bond acceptors (Lipinski definition) is 4. The van der Waals surface area contributed by atoms with Crippen LogP contribution in [0.1, 0.15) is 10.4 Å². The Kier molecular flexibility index (Phi) is 3.34. The number of aromatic nitrogens is 2. The second-order valence-electron chi connectivity index (χ2n) is 4.73. The van der Waals surface area contributed by atoms with Crippen LogP contribution in [0.25, 0.3) is 16.8 Å². The van der Waals surface area contributed by atoms with Crippen molar-refractivity contribution in [1.29, 1.82) is 0 Å². The molecule has 0 radical (unpaired) electrons. The van der Waals surface area contributed by atoms with E-state index in [-0.39, 0.29) is 11.6 Å². The molecule has 0 saturated carbocycles. The molecule has 3 N–H and O–H groups in total. The third-order valence-corrected chi connectivity index (χ3v) is 3.33. The molecule has 2 aromatic carbocycles. The van der Waals surface area contributed by atoms with E-state index in [0.29, 0.717) is 34.5 Å². The van der Waals surface area contributed by atoms with Gasteiger partial charge >= 0.3 is 0 Å². The standard InChI is InChI=1S/C16H12FN3O2/c17-11-2-4-12(5-3-11)20-16(18)14(8-19-20)13-6-1-10(9-21)7-15(13)22/h1-9,22H,18H2. The highest BCUT2D eigenvalue weighted by Gasteiger charge is 2.14. The molecule has 0 amide bonds. The number of carbonyl (C=O) groups is 1. The normalized spacial score (nSPS) is 10.6. The average Bonchev–Trinajstić information content (AvgIpc) is 2.89. The summed E-state index contributed by atoms with van der Waals surface area (Å²) in [5.41, 5.74) is 8.04. The molecule has 6 heteroatoms. The molecule has 3 rings (SSSR count). The fourth-order valence-electron chi connectivity index (χ4n) is 2.20. The minimum Gasteiger partial charge on any atom is -0.507 e. The lowest BCUT2D eigenvalue weighted by Gasteiger charge is -2.07. The maximum Gasteiger partial charge on any atom is 0.150 e. The molecule has 0 atom stereocenters. The summed E-state index contributed by atoms with van der Waals surface area (Å²) in [6, 6.07) is 10.3. The van der Waals surface area contributed by atoms with Gasteiger partial charge < -0.3 is 10.8 Å². The van der Waals surface area contributed by atoms with Gasteiger partial charge in [0.2, 0.25) is 0 Å². The number of phenolic OH excluding ortho intramolecular Hbond substituents is 1. The molecule has 0 saturated heterocycles. The van der Waals surface area contributed by atoms with Crippen molar-refractivity contribution in [1.82, 2.24) is 9.78 Å². The van der Waals surface area contributed by atoms with Gasteiger partial charge in [-0.2, -0.15) is 5.10 Å². The third-order valence-electron chi connectivity index (χ3n) is 3.33. The lowest BCUT2D eigenvalue weighted by Crippen LogP contribution is -2.02. The van der Waals surface area contributed by atoms with Crippen LogP contribution in [0.4, 0.5) is 10.2 Å². The molecule has 0 bridgehead atoms. The van der Waals surface area contributed by atoms with Gasteiger partial charge in [-0.15, -0.1) is 0 Å². The summed E-state index contributed by atoms with van der Waals surface area (Å²) in [6.07, 6.45) is 2.16. The van der Waals surface area contributed by atoms with Crippen LogP contribution < -0.4 is 5.73 Å². The van der Waals surface area contributed by atoms with Gasteiger partial charge in [0.1, 0.15) is 23.7 Å². The van der Waals surface area contributed by atoms with Gasteiger partial charge in [0, 0.05) is 16.7 Å². The van der Waals surface area contributed by atoms with E-state index >= 15 is 0 Å². The topological polar surface area (TPSA) is 81.1 Å². The van der Waals surface area contributed by atoms with Crippen molar-refractivity contribution in [2.75, 3.05) is 5.73 Å². The predicted molar refractivity (Wildman–Crippen MR) is 80.4 cm³/mol. The van der Waals surface area contributed by atoms with Crippen LogP contribution >= 0.6 is 0 Å². The lowest BCUT2D eigenvalue weighted by atomic mass is 10.1. The number of hydrogen-bond donors (Lipinski definition) is 2. The molecule has 0 aliphatic rings. The van der Waals surface area contributed by atoms with Gasteiger partial charge in [-0.3, -0.25) is 4.79 Å². The monoisotopic (exact) mass is 297 g/mol. The smallest absolute Gasteiger partial charge is 0.150 e. The predicted octanol–water partition coefficient (Wildman–Crippen LogP) is 2.78. The van der Waals surface area contributed by atoms with Crippen molar-refractivity contribution < 1.29 is 14.3 Å². The van der Waals surface area contributed by atoms with Crippen molar-refractivity contribution in [3.05, 3.63) is 60.0 Å². The number of aromatic hydroxyl groups is 1. The minimum atomic E-state index is -0.350. The molecule has 0 fully saturated rings. The zero-order valence-electron chi connectivity index (χ0n) is 11.4. The first-order valence-electron chi connectivity index (χ1n) is 6.48. The number of anilines is 1. The van der Waals surface area contributed by atoms with Crippen molar-refractivity contribution in [3.8, 4) is 22.6 Å². The molecule has 5 nitrogen and oxygen atoms in total. The molecule has 0 aliphatic carbocycles. The fraction of sp³-hybridized carbons (Fsp3) is 0. The van der Waals surface area contributed by atoms with E-state index in [1.165, 1.54) is 29.1 Å². The summed E-state index contributed by atoms with van der Waals surface area (Å²) < 4.78 is 14.4. The molecule has 3 aromatic rings. The summed E-state index contributed by atoms with van der Waals surface area (Å²) in [5.74, 6) is -0.104. The van der Waals surface area contributed by atoms with Crippen molar-refractivity contribution in [2.24, 2.45) is 0 Å².